The zero-order valence-corrected chi connectivity index (χ0v) is 13.4. The summed E-state index contributed by atoms with van der Waals surface area (Å²) in [6.45, 7) is 0.595. The van der Waals surface area contributed by atoms with E-state index in [1.165, 1.54) is 18.9 Å². The molecule has 0 saturated heterocycles. The van der Waals surface area contributed by atoms with Gasteiger partial charge in [0.15, 0.2) is 5.57 Å². The van der Waals surface area contributed by atoms with Crippen molar-refractivity contribution in [3.05, 3.63) is 71.9 Å². The topological polar surface area (TPSA) is 71.4 Å². The average molecular weight is 322 g/mol. The van der Waals surface area contributed by atoms with Crippen LogP contribution in [0.25, 0.3) is 0 Å². The van der Waals surface area contributed by atoms with E-state index in [0.29, 0.717) is 6.61 Å². The van der Waals surface area contributed by atoms with E-state index in [4.69, 9.17) is 10.00 Å². The summed E-state index contributed by atoms with van der Waals surface area (Å²) >= 11 is 0. The molecular weight excluding hydrogens is 304 g/mol. The van der Waals surface area contributed by atoms with Crippen molar-refractivity contribution in [2.24, 2.45) is 0 Å². The van der Waals surface area contributed by atoms with Gasteiger partial charge >= 0.3 is 5.97 Å². The van der Waals surface area contributed by atoms with Crippen molar-refractivity contribution in [2.75, 3.05) is 19.0 Å². The van der Waals surface area contributed by atoms with Crippen molar-refractivity contribution in [3.63, 3.8) is 0 Å². The van der Waals surface area contributed by atoms with Crippen LogP contribution in [0.1, 0.15) is 5.56 Å². The molecule has 0 spiro atoms. The van der Waals surface area contributed by atoms with Crippen LogP contribution in [0.3, 0.4) is 0 Å². The number of nitriles is 1. The van der Waals surface area contributed by atoms with Crippen molar-refractivity contribution >= 4 is 11.7 Å². The number of esters is 1. The summed E-state index contributed by atoms with van der Waals surface area (Å²) in [5, 5.41) is 11.7. The lowest BCUT2D eigenvalue weighted by Gasteiger charge is -2.07. The zero-order chi connectivity index (χ0) is 17.2. The first kappa shape index (κ1) is 17.1. The molecular formula is C19H18N2O3. The minimum absolute atomic E-state index is 0.0966. The second kappa shape index (κ2) is 9.01. The number of anilines is 1. The predicted molar refractivity (Wildman–Crippen MR) is 91.4 cm³/mol. The molecule has 0 aliphatic heterocycles. The van der Waals surface area contributed by atoms with E-state index in [-0.39, 0.29) is 5.57 Å². The van der Waals surface area contributed by atoms with Crippen molar-refractivity contribution in [2.45, 2.75) is 6.42 Å². The zero-order valence-electron chi connectivity index (χ0n) is 13.4. The van der Waals surface area contributed by atoms with Crippen molar-refractivity contribution in [3.8, 4) is 11.8 Å². The highest BCUT2D eigenvalue weighted by atomic mass is 16.5. The van der Waals surface area contributed by atoms with Crippen LogP contribution in [-0.4, -0.2) is 19.7 Å². The van der Waals surface area contributed by atoms with Gasteiger partial charge in [-0.3, -0.25) is 0 Å². The van der Waals surface area contributed by atoms with Crippen molar-refractivity contribution in [1.29, 1.82) is 5.26 Å². The summed E-state index contributed by atoms with van der Waals surface area (Å²) in [6, 6.07) is 19.2. The molecule has 5 nitrogen and oxygen atoms in total. The summed E-state index contributed by atoms with van der Waals surface area (Å²) in [5.74, 6) is 0.0831. The minimum Gasteiger partial charge on any atom is -0.493 e. The molecule has 0 radical (unpaired) electrons. The fraction of sp³-hybridized carbons (Fsp3) is 0.158. The number of benzene rings is 2. The Morgan fingerprint density at radius 1 is 1.17 bits per heavy atom. The SMILES string of the molecule is COC(=O)/C(C#N)=C/Nc1ccc(OCCc2ccccc2)cc1. The van der Waals surface area contributed by atoms with Gasteiger partial charge in [-0.25, -0.2) is 4.79 Å². The van der Waals surface area contributed by atoms with Crippen LogP contribution in [0.15, 0.2) is 66.4 Å². The van der Waals surface area contributed by atoms with Gasteiger partial charge in [0.2, 0.25) is 0 Å². The maximum absolute atomic E-state index is 11.3. The predicted octanol–water partition coefficient (Wildman–Crippen LogP) is 3.30. The monoisotopic (exact) mass is 322 g/mol. The quantitative estimate of drug-likeness (QED) is 0.481. The lowest BCUT2D eigenvalue weighted by molar-refractivity contribution is -0.135. The highest BCUT2D eigenvalue weighted by molar-refractivity contribution is 5.93. The van der Waals surface area contributed by atoms with Crippen LogP contribution in [0.4, 0.5) is 5.69 Å². The molecule has 0 aliphatic carbocycles. The smallest absolute Gasteiger partial charge is 0.350 e. The van der Waals surface area contributed by atoms with Crippen molar-refractivity contribution < 1.29 is 14.3 Å². The molecule has 0 atom stereocenters. The van der Waals surface area contributed by atoms with Crippen molar-refractivity contribution in [1.82, 2.24) is 0 Å². The Morgan fingerprint density at radius 2 is 1.88 bits per heavy atom. The molecule has 0 aliphatic rings. The van der Waals surface area contributed by atoms with Crippen LogP contribution in [0.2, 0.25) is 0 Å². The number of ether oxygens (including phenoxy) is 2. The summed E-state index contributed by atoms with van der Waals surface area (Å²) in [4.78, 5) is 11.3. The Labute approximate surface area is 141 Å². The maximum Gasteiger partial charge on any atom is 0.350 e. The molecule has 5 heteroatoms. The first-order valence-electron chi connectivity index (χ1n) is 7.45. The molecule has 0 bridgehead atoms. The van der Waals surface area contributed by atoms with Gasteiger partial charge in [0.1, 0.15) is 11.8 Å². The number of methoxy groups -OCH3 is 1. The first-order chi connectivity index (χ1) is 11.7. The number of hydrogen-bond donors (Lipinski definition) is 1. The summed E-state index contributed by atoms with van der Waals surface area (Å²) in [7, 11) is 1.23. The largest absolute Gasteiger partial charge is 0.493 e. The molecule has 0 heterocycles. The van der Waals surface area contributed by atoms with Crippen LogP contribution in [-0.2, 0) is 16.0 Å². The molecule has 2 aromatic rings. The average Bonchev–Trinajstić information content (AvgIpc) is 2.64. The molecule has 0 aromatic heterocycles. The summed E-state index contributed by atoms with van der Waals surface area (Å²) < 4.78 is 10.2. The van der Waals surface area contributed by atoms with Gasteiger partial charge in [-0.15, -0.1) is 0 Å². The fourth-order valence-corrected chi connectivity index (χ4v) is 1.98. The third kappa shape index (κ3) is 5.18. The molecule has 2 aromatic carbocycles. The molecule has 0 saturated carbocycles. The second-order valence-corrected chi connectivity index (χ2v) is 4.91. The third-order valence-electron chi connectivity index (χ3n) is 3.27. The van der Waals surface area contributed by atoms with E-state index < -0.39 is 5.97 Å². The lowest BCUT2D eigenvalue weighted by atomic mass is 10.2. The summed E-state index contributed by atoms with van der Waals surface area (Å²) in [5.41, 5.74) is 1.87. The highest BCUT2D eigenvalue weighted by Crippen LogP contribution is 2.16. The number of nitrogens with zero attached hydrogens (tertiary/aromatic N) is 1. The summed E-state index contributed by atoms with van der Waals surface area (Å²) in [6.07, 6.45) is 2.16. The van der Waals surface area contributed by atoms with E-state index in [1.54, 1.807) is 18.2 Å². The Balaban J connectivity index is 1.85. The lowest BCUT2D eigenvalue weighted by Crippen LogP contribution is -2.05. The van der Waals surface area contributed by atoms with E-state index in [9.17, 15) is 4.79 Å². The highest BCUT2D eigenvalue weighted by Gasteiger charge is 2.07. The Bertz CT molecular complexity index is 731. The van der Waals surface area contributed by atoms with E-state index in [1.807, 2.05) is 30.3 Å². The minimum atomic E-state index is -0.675. The Morgan fingerprint density at radius 3 is 2.50 bits per heavy atom. The van der Waals surface area contributed by atoms with Gasteiger partial charge in [-0.1, -0.05) is 30.3 Å². The van der Waals surface area contributed by atoms with E-state index >= 15 is 0 Å². The van der Waals surface area contributed by atoms with Gasteiger partial charge in [-0.05, 0) is 29.8 Å². The van der Waals surface area contributed by atoms with Gasteiger partial charge < -0.3 is 14.8 Å². The van der Waals surface area contributed by atoms with Gasteiger partial charge in [0, 0.05) is 18.3 Å². The van der Waals surface area contributed by atoms with Crippen LogP contribution in [0.5, 0.6) is 5.75 Å². The third-order valence-corrected chi connectivity index (χ3v) is 3.27. The molecule has 1 N–H and O–H groups in total. The Kier molecular flexibility index (Phi) is 6.42. The molecule has 122 valence electrons. The molecule has 0 amide bonds. The van der Waals surface area contributed by atoms with Gasteiger partial charge in [-0.2, -0.15) is 5.26 Å². The van der Waals surface area contributed by atoms with Crippen LogP contribution >= 0.6 is 0 Å². The normalized spacial score (nSPS) is 10.6. The Hall–Kier alpha value is -3.26. The van der Waals surface area contributed by atoms with Gasteiger partial charge in [0.05, 0.1) is 13.7 Å². The molecule has 2 rings (SSSR count). The van der Waals surface area contributed by atoms with Gasteiger partial charge in [0.25, 0.3) is 0 Å². The maximum atomic E-state index is 11.3. The number of carbonyl (C=O) groups is 1. The number of hydrogen-bond acceptors (Lipinski definition) is 5. The first-order valence-corrected chi connectivity index (χ1v) is 7.45. The molecule has 0 fully saturated rings. The number of rotatable bonds is 7. The second-order valence-electron chi connectivity index (χ2n) is 4.91. The van der Waals surface area contributed by atoms with Crippen LogP contribution in [0, 0.1) is 11.3 Å². The van der Waals surface area contributed by atoms with E-state index in [2.05, 4.69) is 22.2 Å². The fourth-order valence-electron chi connectivity index (χ4n) is 1.98. The van der Waals surface area contributed by atoms with E-state index in [0.717, 1.165) is 17.9 Å². The number of nitrogens with one attached hydrogen (secondary N) is 1. The molecule has 0 unspecified atom stereocenters. The molecule has 24 heavy (non-hydrogen) atoms. The standard InChI is InChI=1S/C19H18N2O3/c1-23-19(22)16(13-20)14-21-17-7-9-18(10-8-17)24-12-11-15-5-3-2-4-6-15/h2-10,14,21H,11-12H2,1H3/b16-14+. The number of carbonyl (C=O) groups excluding carboxylic acids is 1. The van der Waals surface area contributed by atoms with Crippen LogP contribution < -0.4 is 10.1 Å².